The summed E-state index contributed by atoms with van der Waals surface area (Å²) in [5, 5.41) is 3.90. The van der Waals surface area contributed by atoms with Crippen LogP contribution in [0.2, 0.25) is 0 Å². The highest BCUT2D eigenvalue weighted by molar-refractivity contribution is 7.85. The molecule has 0 radical (unpaired) electrons. The lowest BCUT2D eigenvalue weighted by Gasteiger charge is -2.43. The Kier molecular flexibility index (Phi) is 5.88. The van der Waals surface area contributed by atoms with E-state index in [1.807, 2.05) is 27.7 Å². The molecular formula is C16H30N2O3S. The highest BCUT2D eigenvalue weighted by atomic mass is 32.2. The standard InChI is InChI=1S/C16H30N2O3S/c1-5-22(20)14-9-7-6-8-13(14)17-12-10-18(11-12)15(19)21-16(2,3)4/h12-14,17H,5-11H2,1-4H3. The van der Waals surface area contributed by atoms with Crippen LogP contribution in [0, 0.1) is 0 Å². The van der Waals surface area contributed by atoms with E-state index in [1.54, 1.807) is 4.90 Å². The summed E-state index contributed by atoms with van der Waals surface area (Å²) in [7, 11) is -0.736. The van der Waals surface area contributed by atoms with Crippen molar-refractivity contribution >= 4 is 16.9 Å². The minimum atomic E-state index is -0.736. The fourth-order valence-electron chi connectivity index (χ4n) is 3.18. The number of nitrogens with one attached hydrogen (secondary N) is 1. The summed E-state index contributed by atoms with van der Waals surface area (Å²) in [5.41, 5.74) is -0.442. The van der Waals surface area contributed by atoms with Gasteiger partial charge in [0.1, 0.15) is 5.60 Å². The second kappa shape index (κ2) is 7.30. The maximum atomic E-state index is 12.2. The van der Waals surface area contributed by atoms with Crippen molar-refractivity contribution < 1.29 is 13.7 Å². The third-order valence-electron chi connectivity index (χ3n) is 4.31. The van der Waals surface area contributed by atoms with Crippen molar-refractivity contribution in [2.45, 2.75) is 76.3 Å². The van der Waals surface area contributed by atoms with Crippen LogP contribution in [0.1, 0.15) is 53.4 Å². The summed E-state index contributed by atoms with van der Waals surface area (Å²) in [5.74, 6) is 0.734. The van der Waals surface area contributed by atoms with Crippen LogP contribution >= 0.6 is 0 Å². The van der Waals surface area contributed by atoms with Crippen LogP contribution in [0.5, 0.6) is 0 Å². The van der Waals surface area contributed by atoms with E-state index in [4.69, 9.17) is 4.74 Å². The molecule has 0 spiro atoms. The van der Waals surface area contributed by atoms with Crippen molar-refractivity contribution in [1.29, 1.82) is 0 Å². The molecule has 1 aliphatic carbocycles. The molecule has 22 heavy (non-hydrogen) atoms. The van der Waals surface area contributed by atoms with Crippen molar-refractivity contribution in [2.75, 3.05) is 18.8 Å². The molecule has 0 bridgehead atoms. The Labute approximate surface area is 136 Å². The average Bonchev–Trinajstić information content (AvgIpc) is 2.39. The van der Waals surface area contributed by atoms with E-state index >= 15 is 0 Å². The smallest absolute Gasteiger partial charge is 0.410 e. The van der Waals surface area contributed by atoms with E-state index in [0.717, 1.165) is 18.6 Å². The second-order valence-electron chi connectivity index (χ2n) is 7.35. The minimum absolute atomic E-state index is 0.233. The molecule has 3 unspecified atom stereocenters. The lowest BCUT2D eigenvalue weighted by molar-refractivity contribution is 0.00374. The summed E-state index contributed by atoms with van der Waals surface area (Å²) in [6, 6.07) is 0.646. The van der Waals surface area contributed by atoms with Gasteiger partial charge < -0.3 is 15.0 Å². The zero-order valence-electron chi connectivity index (χ0n) is 14.3. The molecule has 2 rings (SSSR count). The number of ether oxygens (including phenoxy) is 1. The molecule has 1 amide bonds. The van der Waals surface area contributed by atoms with Crippen LogP contribution in [0.25, 0.3) is 0 Å². The fourth-order valence-corrected chi connectivity index (χ4v) is 4.62. The Morgan fingerprint density at radius 1 is 1.27 bits per heavy atom. The van der Waals surface area contributed by atoms with Gasteiger partial charge in [-0.1, -0.05) is 19.8 Å². The third kappa shape index (κ3) is 4.69. The third-order valence-corrected chi connectivity index (χ3v) is 6.12. The lowest BCUT2D eigenvalue weighted by atomic mass is 9.93. The van der Waals surface area contributed by atoms with Gasteiger partial charge in [-0.25, -0.2) is 4.79 Å². The molecule has 2 aliphatic rings. The molecule has 1 N–H and O–H groups in total. The molecule has 0 aromatic carbocycles. The monoisotopic (exact) mass is 330 g/mol. The Bertz CT molecular complexity index is 416. The van der Waals surface area contributed by atoms with E-state index in [1.165, 1.54) is 12.8 Å². The van der Waals surface area contributed by atoms with E-state index in [2.05, 4.69) is 5.32 Å². The summed E-state index contributed by atoms with van der Waals surface area (Å²) in [4.78, 5) is 13.7. The maximum absolute atomic E-state index is 12.2. The number of amides is 1. The average molecular weight is 330 g/mol. The summed E-state index contributed by atoms with van der Waals surface area (Å²) < 4.78 is 17.5. The Morgan fingerprint density at radius 2 is 1.91 bits per heavy atom. The Hall–Kier alpha value is -0.620. The molecule has 0 aromatic rings. The molecule has 1 heterocycles. The molecule has 3 atom stereocenters. The van der Waals surface area contributed by atoms with E-state index in [9.17, 15) is 9.00 Å². The van der Waals surface area contributed by atoms with Crippen LogP contribution in [0.15, 0.2) is 0 Å². The van der Waals surface area contributed by atoms with Gasteiger partial charge in [0.15, 0.2) is 0 Å². The van der Waals surface area contributed by atoms with Gasteiger partial charge in [0.25, 0.3) is 0 Å². The van der Waals surface area contributed by atoms with E-state index in [0.29, 0.717) is 25.2 Å². The number of rotatable bonds is 4. The first-order valence-corrected chi connectivity index (χ1v) is 9.79. The zero-order chi connectivity index (χ0) is 16.3. The molecule has 128 valence electrons. The normalized spacial score (nSPS) is 28.1. The van der Waals surface area contributed by atoms with Crippen LogP contribution in [-0.2, 0) is 15.5 Å². The predicted molar refractivity (Wildman–Crippen MR) is 89.5 cm³/mol. The number of carbonyl (C=O) groups is 1. The summed E-state index contributed by atoms with van der Waals surface area (Å²) in [6.45, 7) is 9.02. The van der Waals surface area contributed by atoms with Gasteiger partial charge in [0, 0.05) is 41.7 Å². The van der Waals surface area contributed by atoms with Gasteiger partial charge in [0.2, 0.25) is 0 Å². The van der Waals surface area contributed by atoms with Crippen LogP contribution in [-0.4, -0.2) is 57.0 Å². The molecule has 1 aliphatic heterocycles. The Balaban J connectivity index is 1.78. The molecule has 6 heteroatoms. The Morgan fingerprint density at radius 3 is 2.50 bits per heavy atom. The number of likely N-dealkylation sites (tertiary alicyclic amines) is 1. The van der Waals surface area contributed by atoms with Crippen molar-refractivity contribution in [3.8, 4) is 0 Å². The quantitative estimate of drug-likeness (QED) is 0.859. The van der Waals surface area contributed by atoms with E-state index < -0.39 is 16.4 Å². The van der Waals surface area contributed by atoms with Gasteiger partial charge in [-0.2, -0.15) is 0 Å². The molecule has 0 aromatic heterocycles. The fraction of sp³-hybridized carbons (Fsp3) is 0.938. The van der Waals surface area contributed by atoms with Crippen molar-refractivity contribution in [3.05, 3.63) is 0 Å². The molecular weight excluding hydrogens is 300 g/mol. The lowest BCUT2D eigenvalue weighted by Crippen LogP contribution is -2.64. The first-order chi connectivity index (χ1) is 10.3. The van der Waals surface area contributed by atoms with Crippen LogP contribution in [0.3, 0.4) is 0 Å². The zero-order valence-corrected chi connectivity index (χ0v) is 15.1. The SMILES string of the molecule is CCS(=O)C1CCCCC1NC1CN(C(=O)OC(C)(C)C)C1. The number of hydrogen-bond donors (Lipinski definition) is 1. The second-order valence-corrected chi connectivity index (χ2v) is 9.29. The summed E-state index contributed by atoms with van der Waals surface area (Å²) >= 11 is 0. The topological polar surface area (TPSA) is 58.6 Å². The number of nitrogens with zero attached hydrogens (tertiary/aromatic N) is 1. The van der Waals surface area contributed by atoms with Crippen LogP contribution in [0.4, 0.5) is 4.79 Å². The molecule has 1 saturated heterocycles. The first kappa shape index (κ1) is 17.7. The highest BCUT2D eigenvalue weighted by Gasteiger charge is 2.37. The van der Waals surface area contributed by atoms with Gasteiger partial charge in [0.05, 0.1) is 5.25 Å². The minimum Gasteiger partial charge on any atom is -0.444 e. The predicted octanol–water partition coefficient (Wildman–Crippen LogP) is 2.28. The van der Waals surface area contributed by atoms with Crippen molar-refractivity contribution in [3.63, 3.8) is 0 Å². The van der Waals surface area contributed by atoms with Crippen molar-refractivity contribution in [1.82, 2.24) is 10.2 Å². The highest BCUT2D eigenvalue weighted by Crippen LogP contribution is 2.25. The van der Waals surface area contributed by atoms with Gasteiger partial charge >= 0.3 is 6.09 Å². The molecule has 5 nitrogen and oxygen atoms in total. The molecule has 2 fully saturated rings. The number of carbonyl (C=O) groups excluding carboxylic acids is 1. The van der Waals surface area contributed by atoms with E-state index in [-0.39, 0.29) is 11.3 Å². The largest absolute Gasteiger partial charge is 0.444 e. The van der Waals surface area contributed by atoms with Gasteiger partial charge in [-0.3, -0.25) is 4.21 Å². The van der Waals surface area contributed by atoms with Crippen LogP contribution < -0.4 is 5.32 Å². The maximum Gasteiger partial charge on any atom is 0.410 e. The van der Waals surface area contributed by atoms with Gasteiger partial charge in [-0.15, -0.1) is 0 Å². The van der Waals surface area contributed by atoms with Crippen molar-refractivity contribution in [2.24, 2.45) is 0 Å². The molecule has 1 saturated carbocycles. The van der Waals surface area contributed by atoms with Gasteiger partial charge in [-0.05, 0) is 33.6 Å². The number of hydrogen-bond acceptors (Lipinski definition) is 4. The summed E-state index contributed by atoms with van der Waals surface area (Å²) in [6.07, 6.45) is 4.31. The first-order valence-electron chi connectivity index (χ1n) is 8.41.